The molecule has 2 aromatic rings. The van der Waals surface area contributed by atoms with Crippen LogP contribution in [0.1, 0.15) is 27.0 Å². The first-order valence-corrected chi connectivity index (χ1v) is 6.37. The van der Waals surface area contributed by atoms with E-state index < -0.39 is 0 Å². The molecule has 96 valence electrons. The molecule has 0 aliphatic carbocycles. The highest BCUT2D eigenvalue weighted by Gasteiger charge is 2.16. The predicted octanol–water partition coefficient (Wildman–Crippen LogP) is 2.31. The number of nitrogens with two attached hydrogens (primary N) is 1. The molecule has 2 N–H and O–H groups in total. The van der Waals surface area contributed by atoms with Crippen molar-refractivity contribution in [1.82, 2.24) is 0 Å². The van der Waals surface area contributed by atoms with E-state index in [2.05, 4.69) is 0 Å². The van der Waals surface area contributed by atoms with Crippen LogP contribution in [0.4, 0.5) is 0 Å². The summed E-state index contributed by atoms with van der Waals surface area (Å²) in [5.74, 6) is 0.928. The zero-order valence-electron chi connectivity index (χ0n) is 10.6. The first-order chi connectivity index (χ1) is 9.28. The summed E-state index contributed by atoms with van der Waals surface area (Å²) in [6.45, 7) is 1.15. The highest BCUT2D eigenvalue weighted by Crippen LogP contribution is 2.26. The van der Waals surface area contributed by atoms with Crippen molar-refractivity contribution in [3.05, 3.63) is 64.7 Å². The number of rotatable bonds is 3. The Hall–Kier alpha value is -2.13. The van der Waals surface area contributed by atoms with Gasteiger partial charge in [-0.15, -0.1) is 0 Å². The van der Waals surface area contributed by atoms with Crippen molar-refractivity contribution < 1.29 is 9.53 Å². The monoisotopic (exact) mass is 253 g/mol. The van der Waals surface area contributed by atoms with Crippen molar-refractivity contribution >= 4 is 5.78 Å². The topological polar surface area (TPSA) is 52.3 Å². The first kappa shape index (κ1) is 11.9. The quantitative estimate of drug-likeness (QED) is 0.854. The van der Waals surface area contributed by atoms with Gasteiger partial charge in [-0.1, -0.05) is 18.2 Å². The molecular formula is C16H15NO2. The molecule has 0 spiro atoms. The zero-order chi connectivity index (χ0) is 13.2. The maximum atomic E-state index is 12.4. The molecule has 3 nitrogen and oxygen atoms in total. The molecule has 0 unspecified atom stereocenters. The van der Waals surface area contributed by atoms with Crippen molar-refractivity contribution in [2.24, 2.45) is 5.73 Å². The van der Waals surface area contributed by atoms with Crippen LogP contribution in [0, 0.1) is 0 Å². The van der Waals surface area contributed by atoms with E-state index in [-0.39, 0.29) is 5.78 Å². The standard InChI is InChI=1S/C16H15NO2/c17-10-11-2-1-3-13(8-11)16(18)14-4-5-15-12(9-14)6-7-19-15/h1-5,8-9H,6-7,10,17H2. The van der Waals surface area contributed by atoms with Gasteiger partial charge in [-0.2, -0.15) is 0 Å². The minimum Gasteiger partial charge on any atom is -0.493 e. The number of carbonyl (C=O) groups is 1. The lowest BCUT2D eigenvalue weighted by Crippen LogP contribution is -2.04. The summed E-state index contributed by atoms with van der Waals surface area (Å²) in [6.07, 6.45) is 0.874. The van der Waals surface area contributed by atoms with Gasteiger partial charge in [-0.3, -0.25) is 4.79 Å². The van der Waals surface area contributed by atoms with Crippen molar-refractivity contribution in [3.8, 4) is 5.75 Å². The maximum absolute atomic E-state index is 12.4. The number of fused-ring (bicyclic) bond motifs is 1. The van der Waals surface area contributed by atoms with E-state index in [0.717, 1.165) is 23.3 Å². The predicted molar refractivity (Wildman–Crippen MR) is 73.4 cm³/mol. The van der Waals surface area contributed by atoms with Crippen molar-refractivity contribution in [2.75, 3.05) is 6.61 Å². The molecule has 0 bridgehead atoms. The minimum atomic E-state index is 0.0324. The molecule has 3 heteroatoms. The van der Waals surface area contributed by atoms with Crippen LogP contribution in [-0.4, -0.2) is 12.4 Å². The molecule has 0 radical (unpaired) electrons. The van der Waals surface area contributed by atoms with Gasteiger partial charge in [0.15, 0.2) is 5.78 Å². The molecule has 0 saturated carbocycles. The van der Waals surface area contributed by atoms with Crippen LogP contribution in [0.5, 0.6) is 5.75 Å². The molecule has 0 aromatic heterocycles. The van der Waals surface area contributed by atoms with E-state index in [9.17, 15) is 4.79 Å². The molecular weight excluding hydrogens is 238 g/mol. The fourth-order valence-electron chi connectivity index (χ4n) is 2.33. The van der Waals surface area contributed by atoms with Crippen LogP contribution in [0.15, 0.2) is 42.5 Å². The van der Waals surface area contributed by atoms with E-state index in [0.29, 0.717) is 24.3 Å². The summed E-state index contributed by atoms with van der Waals surface area (Å²) in [5.41, 5.74) is 9.07. The zero-order valence-corrected chi connectivity index (χ0v) is 10.6. The fourth-order valence-corrected chi connectivity index (χ4v) is 2.33. The Bertz CT molecular complexity index is 634. The number of ether oxygens (including phenoxy) is 1. The molecule has 3 rings (SSSR count). The van der Waals surface area contributed by atoms with Crippen LogP contribution in [0.3, 0.4) is 0 Å². The number of benzene rings is 2. The second-order valence-electron chi connectivity index (χ2n) is 4.65. The second-order valence-corrected chi connectivity index (χ2v) is 4.65. The lowest BCUT2D eigenvalue weighted by molar-refractivity contribution is 0.103. The summed E-state index contributed by atoms with van der Waals surface area (Å²) < 4.78 is 5.45. The minimum absolute atomic E-state index is 0.0324. The summed E-state index contributed by atoms with van der Waals surface area (Å²) in [5, 5.41) is 0. The van der Waals surface area contributed by atoms with Crippen molar-refractivity contribution in [2.45, 2.75) is 13.0 Å². The summed E-state index contributed by atoms with van der Waals surface area (Å²) in [6, 6.07) is 13.1. The lowest BCUT2D eigenvalue weighted by atomic mass is 9.99. The Morgan fingerprint density at radius 2 is 2.00 bits per heavy atom. The highest BCUT2D eigenvalue weighted by atomic mass is 16.5. The second kappa shape index (κ2) is 4.86. The Labute approximate surface area is 112 Å². The largest absolute Gasteiger partial charge is 0.493 e. The molecule has 1 aliphatic rings. The van der Waals surface area contributed by atoms with E-state index in [1.807, 2.05) is 42.5 Å². The molecule has 1 heterocycles. The van der Waals surface area contributed by atoms with E-state index in [1.165, 1.54) is 0 Å². The number of hydrogen-bond donors (Lipinski definition) is 1. The smallest absolute Gasteiger partial charge is 0.193 e. The van der Waals surface area contributed by atoms with Gasteiger partial charge in [-0.05, 0) is 35.4 Å². The molecule has 0 fully saturated rings. The molecule has 0 atom stereocenters. The Kier molecular flexibility index (Phi) is 3.05. The molecule has 0 saturated heterocycles. The lowest BCUT2D eigenvalue weighted by Gasteiger charge is -2.05. The average molecular weight is 253 g/mol. The van der Waals surface area contributed by atoms with Gasteiger partial charge >= 0.3 is 0 Å². The molecule has 2 aromatic carbocycles. The Balaban J connectivity index is 1.95. The fraction of sp³-hybridized carbons (Fsp3) is 0.188. The number of carbonyl (C=O) groups excluding carboxylic acids is 1. The van der Waals surface area contributed by atoms with Crippen molar-refractivity contribution in [1.29, 1.82) is 0 Å². The average Bonchev–Trinajstić information content (AvgIpc) is 2.94. The maximum Gasteiger partial charge on any atom is 0.193 e. The molecule has 1 aliphatic heterocycles. The van der Waals surface area contributed by atoms with Gasteiger partial charge in [-0.25, -0.2) is 0 Å². The van der Waals surface area contributed by atoms with Crippen LogP contribution >= 0.6 is 0 Å². The van der Waals surface area contributed by atoms with E-state index in [4.69, 9.17) is 10.5 Å². The first-order valence-electron chi connectivity index (χ1n) is 6.37. The van der Waals surface area contributed by atoms with E-state index in [1.54, 1.807) is 0 Å². The summed E-state index contributed by atoms with van der Waals surface area (Å²) in [4.78, 5) is 12.4. The van der Waals surface area contributed by atoms with Gasteiger partial charge < -0.3 is 10.5 Å². The Morgan fingerprint density at radius 1 is 1.16 bits per heavy atom. The SMILES string of the molecule is NCc1cccc(C(=O)c2ccc3c(c2)CCO3)c1. The van der Waals surface area contributed by atoms with Gasteiger partial charge in [0.05, 0.1) is 6.61 Å². The van der Waals surface area contributed by atoms with Gasteiger partial charge in [0, 0.05) is 24.1 Å². The highest BCUT2D eigenvalue weighted by molar-refractivity contribution is 6.09. The third-order valence-electron chi connectivity index (χ3n) is 3.38. The summed E-state index contributed by atoms with van der Waals surface area (Å²) >= 11 is 0. The van der Waals surface area contributed by atoms with Crippen LogP contribution < -0.4 is 10.5 Å². The van der Waals surface area contributed by atoms with Crippen LogP contribution in [0.2, 0.25) is 0 Å². The van der Waals surface area contributed by atoms with Crippen LogP contribution in [0.25, 0.3) is 0 Å². The third-order valence-corrected chi connectivity index (χ3v) is 3.38. The third kappa shape index (κ3) is 2.25. The van der Waals surface area contributed by atoms with Gasteiger partial charge in [0.1, 0.15) is 5.75 Å². The van der Waals surface area contributed by atoms with Gasteiger partial charge in [0.2, 0.25) is 0 Å². The Morgan fingerprint density at radius 3 is 2.84 bits per heavy atom. The van der Waals surface area contributed by atoms with E-state index >= 15 is 0 Å². The number of ketones is 1. The van der Waals surface area contributed by atoms with Gasteiger partial charge in [0.25, 0.3) is 0 Å². The molecule has 0 amide bonds. The van der Waals surface area contributed by atoms with Crippen LogP contribution in [-0.2, 0) is 13.0 Å². The van der Waals surface area contributed by atoms with Crippen molar-refractivity contribution in [3.63, 3.8) is 0 Å². The summed E-state index contributed by atoms with van der Waals surface area (Å²) in [7, 11) is 0. The normalized spacial score (nSPS) is 12.9. The molecule has 19 heavy (non-hydrogen) atoms. The number of hydrogen-bond acceptors (Lipinski definition) is 3.